The number of benzene rings is 2. The van der Waals surface area contributed by atoms with Gasteiger partial charge in [0.05, 0.1) is 17.8 Å². The molecular formula is C20H16FN5O2. The van der Waals surface area contributed by atoms with E-state index in [0.717, 1.165) is 11.1 Å². The predicted octanol–water partition coefficient (Wildman–Crippen LogP) is 2.71. The average molecular weight is 377 g/mol. The van der Waals surface area contributed by atoms with Gasteiger partial charge in [-0.05, 0) is 30.7 Å². The zero-order valence-corrected chi connectivity index (χ0v) is 14.9. The molecule has 0 atom stereocenters. The number of fused-ring (bicyclic) bond motifs is 1. The molecular weight excluding hydrogens is 361 g/mol. The molecule has 0 fully saturated rings. The lowest BCUT2D eigenvalue weighted by molar-refractivity contribution is -0.115. The monoisotopic (exact) mass is 377 g/mol. The molecule has 8 heteroatoms. The van der Waals surface area contributed by atoms with E-state index >= 15 is 0 Å². The van der Waals surface area contributed by atoms with E-state index < -0.39 is 17.3 Å². The third kappa shape index (κ3) is 3.39. The molecule has 2 aromatic heterocycles. The molecule has 2 aromatic carbocycles. The fourth-order valence-corrected chi connectivity index (χ4v) is 2.88. The highest BCUT2D eigenvalue weighted by atomic mass is 19.1. The summed E-state index contributed by atoms with van der Waals surface area (Å²) in [6, 6.07) is 15.5. The van der Waals surface area contributed by atoms with Crippen LogP contribution in [0.1, 0.15) is 11.4 Å². The van der Waals surface area contributed by atoms with Gasteiger partial charge >= 0.3 is 0 Å². The smallest absolute Gasteiger partial charge is 0.290 e. The van der Waals surface area contributed by atoms with Crippen LogP contribution >= 0.6 is 0 Å². The van der Waals surface area contributed by atoms with Gasteiger partial charge in [0, 0.05) is 5.56 Å². The van der Waals surface area contributed by atoms with Crippen molar-refractivity contribution in [2.24, 2.45) is 0 Å². The molecule has 0 saturated heterocycles. The number of nitrogens with one attached hydrogen (secondary N) is 2. The first-order valence-corrected chi connectivity index (χ1v) is 8.60. The van der Waals surface area contributed by atoms with Crippen LogP contribution in [-0.4, -0.2) is 25.7 Å². The number of carbonyl (C=O) groups excluding carboxylic acids is 1. The lowest BCUT2D eigenvalue weighted by atomic mass is 10.1. The molecule has 0 saturated carbocycles. The Kier molecular flexibility index (Phi) is 4.44. The molecule has 0 aliphatic heterocycles. The van der Waals surface area contributed by atoms with E-state index in [-0.39, 0.29) is 23.4 Å². The van der Waals surface area contributed by atoms with Gasteiger partial charge in [0.25, 0.3) is 5.56 Å². The first kappa shape index (κ1) is 17.6. The number of H-pyrrole nitrogens is 1. The molecule has 0 unspecified atom stereocenters. The molecule has 28 heavy (non-hydrogen) atoms. The Balaban J connectivity index is 1.65. The number of hydrogen-bond acceptors (Lipinski definition) is 4. The summed E-state index contributed by atoms with van der Waals surface area (Å²) in [7, 11) is 0. The number of rotatable bonds is 4. The van der Waals surface area contributed by atoms with Crippen LogP contribution in [0.4, 0.5) is 10.1 Å². The maximum absolute atomic E-state index is 14.0. The molecule has 140 valence electrons. The molecule has 1 amide bonds. The Labute approximate surface area is 158 Å². The van der Waals surface area contributed by atoms with Gasteiger partial charge in [-0.25, -0.2) is 14.0 Å². The second-order valence-electron chi connectivity index (χ2n) is 6.37. The van der Waals surface area contributed by atoms with Gasteiger partial charge in [-0.2, -0.15) is 10.2 Å². The van der Waals surface area contributed by atoms with Gasteiger partial charge in [-0.3, -0.25) is 9.59 Å². The topological polar surface area (TPSA) is 92.1 Å². The fraction of sp³-hybridized carbons (Fsp3) is 0.100. The van der Waals surface area contributed by atoms with E-state index in [1.165, 1.54) is 16.6 Å². The van der Waals surface area contributed by atoms with Gasteiger partial charge in [0.15, 0.2) is 5.82 Å². The minimum absolute atomic E-state index is 0.0849. The number of amides is 1. The number of hydrogen-bond donors (Lipinski definition) is 2. The van der Waals surface area contributed by atoms with Crippen molar-refractivity contribution < 1.29 is 9.18 Å². The third-order valence-corrected chi connectivity index (χ3v) is 4.26. The number of carbonyl (C=O) groups is 1. The summed E-state index contributed by atoms with van der Waals surface area (Å²) in [5.74, 6) is -0.749. The highest BCUT2D eigenvalue weighted by molar-refractivity contribution is 5.92. The Morgan fingerprint density at radius 3 is 2.71 bits per heavy atom. The molecule has 0 aliphatic carbocycles. The maximum atomic E-state index is 14.0. The van der Waals surface area contributed by atoms with Crippen molar-refractivity contribution in [2.45, 2.75) is 13.3 Å². The predicted molar refractivity (Wildman–Crippen MR) is 103 cm³/mol. The van der Waals surface area contributed by atoms with E-state index in [1.807, 2.05) is 30.3 Å². The van der Waals surface area contributed by atoms with Crippen LogP contribution in [0.25, 0.3) is 16.8 Å². The van der Waals surface area contributed by atoms with Gasteiger partial charge in [-0.1, -0.05) is 36.4 Å². The first-order chi connectivity index (χ1) is 13.5. The minimum atomic E-state index is -0.515. The van der Waals surface area contributed by atoms with Crippen molar-refractivity contribution in [3.8, 4) is 11.3 Å². The first-order valence-electron chi connectivity index (χ1n) is 8.60. The molecule has 4 aromatic rings. The van der Waals surface area contributed by atoms with Crippen LogP contribution in [0.2, 0.25) is 0 Å². The summed E-state index contributed by atoms with van der Waals surface area (Å²) in [4.78, 5) is 24.5. The molecule has 2 heterocycles. The van der Waals surface area contributed by atoms with Gasteiger partial charge in [0.1, 0.15) is 11.3 Å². The number of nitrogens with zero attached hydrogens (tertiary/aromatic N) is 3. The SMILES string of the molecule is Cc1ccc(NC(=O)Cc2n[nH]c(=O)c3cc(-c4ccccc4)nn23)c(F)c1. The average Bonchev–Trinajstić information content (AvgIpc) is 3.14. The van der Waals surface area contributed by atoms with Crippen LogP contribution in [0.15, 0.2) is 59.4 Å². The number of aryl methyl sites for hydroxylation is 1. The third-order valence-electron chi connectivity index (χ3n) is 4.26. The Morgan fingerprint density at radius 1 is 1.18 bits per heavy atom. The second kappa shape index (κ2) is 7.07. The van der Waals surface area contributed by atoms with E-state index in [0.29, 0.717) is 5.69 Å². The molecule has 0 bridgehead atoms. The summed E-state index contributed by atoms with van der Waals surface area (Å²) in [5.41, 5.74) is 2.13. The molecule has 0 aliphatic rings. The number of halogens is 1. The van der Waals surface area contributed by atoms with Gasteiger partial charge in [0.2, 0.25) is 5.91 Å². The lowest BCUT2D eigenvalue weighted by Gasteiger charge is -2.07. The Bertz CT molecular complexity index is 1230. The van der Waals surface area contributed by atoms with Crippen molar-refractivity contribution in [3.63, 3.8) is 0 Å². The summed E-state index contributed by atoms with van der Waals surface area (Å²) in [6.07, 6.45) is -0.184. The zero-order valence-electron chi connectivity index (χ0n) is 14.9. The van der Waals surface area contributed by atoms with Crippen LogP contribution in [0.3, 0.4) is 0 Å². The molecule has 4 rings (SSSR count). The van der Waals surface area contributed by atoms with Crippen LogP contribution < -0.4 is 10.9 Å². The van der Waals surface area contributed by atoms with Crippen LogP contribution in [0, 0.1) is 12.7 Å². The summed E-state index contributed by atoms with van der Waals surface area (Å²) < 4.78 is 15.3. The van der Waals surface area contributed by atoms with Crippen molar-refractivity contribution in [1.82, 2.24) is 19.8 Å². The minimum Gasteiger partial charge on any atom is -0.323 e. The highest BCUT2D eigenvalue weighted by Gasteiger charge is 2.15. The molecule has 0 radical (unpaired) electrons. The van der Waals surface area contributed by atoms with E-state index in [1.54, 1.807) is 19.1 Å². The quantitative estimate of drug-likeness (QED) is 0.572. The van der Waals surface area contributed by atoms with Crippen LogP contribution in [0.5, 0.6) is 0 Å². The molecule has 2 N–H and O–H groups in total. The largest absolute Gasteiger partial charge is 0.323 e. The summed E-state index contributed by atoms with van der Waals surface area (Å²) in [6.45, 7) is 1.76. The van der Waals surface area contributed by atoms with Gasteiger partial charge < -0.3 is 5.32 Å². The maximum Gasteiger partial charge on any atom is 0.290 e. The van der Waals surface area contributed by atoms with Gasteiger partial charge in [-0.15, -0.1) is 0 Å². The standard InChI is InChI=1S/C20H16FN5O2/c1-12-7-8-15(14(21)9-12)22-19(27)11-18-23-24-20(28)17-10-16(25-26(17)18)13-5-3-2-4-6-13/h2-10H,11H2,1H3,(H,22,27)(H,24,28). The molecule has 0 spiro atoms. The van der Waals surface area contributed by atoms with Crippen molar-refractivity contribution in [3.05, 3.63) is 82.2 Å². The molecule has 7 nitrogen and oxygen atoms in total. The van der Waals surface area contributed by atoms with Crippen molar-refractivity contribution in [2.75, 3.05) is 5.32 Å². The Morgan fingerprint density at radius 2 is 1.96 bits per heavy atom. The lowest BCUT2D eigenvalue weighted by Crippen LogP contribution is -2.22. The fourth-order valence-electron chi connectivity index (χ4n) is 2.88. The van der Waals surface area contributed by atoms with E-state index in [4.69, 9.17) is 0 Å². The van der Waals surface area contributed by atoms with Crippen molar-refractivity contribution in [1.29, 1.82) is 0 Å². The Hall–Kier alpha value is -3.81. The number of anilines is 1. The summed E-state index contributed by atoms with van der Waals surface area (Å²) >= 11 is 0. The van der Waals surface area contributed by atoms with Crippen molar-refractivity contribution >= 4 is 17.1 Å². The number of aromatic nitrogens is 4. The van der Waals surface area contributed by atoms with E-state index in [9.17, 15) is 14.0 Å². The summed E-state index contributed by atoms with van der Waals surface area (Å²) in [5, 5.41) is 13.2. The van der Waals surface area contributed by atoms with Crippen LogP contribution in [-0.2, 0) is 11.2 Å². The normalized spacial score (nSPS) is 10.9. The highest BCUT2D eigenvalue weighted by Crippen LogP contribution is 2.19. The number of aromatic amines is 1. The zero-order chi connectivity index (χ0) is 19.7. The second-order valence-corrected chi connectivity index (χ2v) is 6.37. The van der Waals surface area contributed by atoms with E-state index in [2.05, 4.69) is 20.6 Å².